The first-order valence-electron chi connectivity index (χ1n) is 7.22. The van der Waals surface area contributed by atoms with Gasteiger partial charge in [-0.1, -0.05) is 41.5 Å². The summed E-state index contributed by atoms with van der Waals surface area (Å²) in [4.78, 5) is 10.8. The van der Waals surface area contributed by atoms with Crippen LogP contribution in [0.3, 0.4) is 0 Å². The third kappa shape index (κ3) is 3.56. The minimum absolute atomic E-state index is 0.236. The van der Waals surface area contributed by atoms with Crippen LogP contribution >= 0.6 is 0 Å². The van der Waals surface area contributed by atoms with Crippen molar-refractivity contribution < 1.29 is 4.79 Å². The number of hydrogen-bond acceptors (Lipinski definition) is 1. The van der Waals surface area contributed by atoms with Crippen LogP contribution in [0.1, 0.15) is 60.8 Å². The third-order valence-electron chi connectivity index (χ3n) is 4.65. The second-order valence-electron chi connectivity index (χ2n) is 7.48. The van der Waals surface area contributed by atoms with Gasteiger partial charge in [-0.05, 0) is 48.3 Å². The molecule has 0 aromatic heterocycles. The Morgan fingerprint density at radius 3 is 2.18 bits per heavy atom. The molecule has 0 aliphatic heterocycles. The summed E-state index contributed by atoms with van der Waals surface area (Å²) in [7, 11) is 0. The smallest absolute Gasteiger partial charge is 0.122 e. The lowest BCUT2D eigenvalue weighted by atomic mass is 9.68. The zero-order valence-electron chi connectivity index (χ0n) is 12.5. The summed E-state index contributed by atoms with van der Waals surface area (Å²) in [6, 6.07) is 0. The van der Waals surface area contributed by atoms with Gasteiger partial charge in [-0.2, -0.15) is 0 Å². The van der Waals surface area contributed by atoms with Crippen molar-refractivity contribution in [3.63, 3.8) is 0 Å². The van der Waals surface area contributed by atoms with E-state index in [4.69, 9.17) is 0 Å². The molecule has 1 fully saturated rings. The molecule has 1 aliphatic rings. The highest BCUT2D eigenvalue weighted by Crippen LogP contribution is 2.51. The fraction of sp³-hybridized carbons (Fsp3) is 0.938. The third-order valence-corrected chi connectivity index (χ3v) is 4.65. The van der Waals surface area contributed by atoms with E-state index in [1.165, 1.54) is 12.8 Å². The van der Waals surface area contributed by atoms with Crippen molar-refractivity contribution in [3.8, 4) is 0 Å². The van der Waals surface area contributed by atoms with Crippen LogP contribution in [0.2, 0.25) is 0 Å². The predicted octanol–water partition coefficient (Wildman–Crippen LogP) is 4.56. The van der Waals surface area contributed by atoms with E-state index in [-0.39, 0.29) is 5.92 Å². The van der Waals surface area contributed by atoms with Crippen molar-refractivity contribution in [2.45, 2.75) is 60.8 Å². The Kier molecular flexibility index (Phi) is 4.80. The zero-order valence-corrected chi connectivity index (χ0v) is 12.5. The molecule has 0 aromatic carbocycles. The van der Waals surface area contributed by atoms with Crippen LogP contribution in [0, 0.1) is 35.0 Å². The van der Waals surface area contributed by atoms with Crippen molar-refractivity contribution in [2.75, 3.05) is 0 Å². The SMILES string of the molecule is CC(C=O)CC1CCC(C(C)(C)C)C1C(C)C. The van der Waals surface area contributed by atoms with Crippen LogP contribution in [-0.4, -0.2) is 6.29 Å². The fourth-order valence-electron chi connectivity index (χ4n) is 3.93. The summed E-state index contributed by atoms with van der Waals surface area (Å²) >= 11 is 0. The molecule has 4 atom stereocenters. The Hall–Kier alpha value is -0.330. The van der Waals surface area contributed by atoms with E-state index in [1.54, 1.807) is 0 Å². The van der Waals surface area contributed by atoms with Gasteiger partial charge in [-0.15, -0.1) is 0 Å². The minimum atomic E-state index is 0.236. The Bertz CT molecular complexity index is 249. The van der Waals surface area contributed by atoms with Gasteiger partial charge in [0.25, 0.3) is 0 Å². The van der Waals surface area contributed by atoms with Crippen LogP contribution in [0.25, 0.3) is 0 Å². The molecule has 1 aliphatic carbocycles. The highest BCUT2D eigenvalue weighted by molar-refractivity contribution is 5.52. The van der Waals surface area contributed by atoms with Crippen LogP contribution < -0.4 is 0 Å². The van der Waals surface area contributed by atoms with Crippen molar-refractivity contribution in [2.24, 2.45) is 35.0 Å². The summed E-state index contributed by atoms with van der Waals surface area (Å²) in [5, 5.41) is 0. The molecule has 0 amide bonds. The molecule has 4 unspecified atom stereocenters. The number of aldehydes is 1. The topological polar surface area (TPSA) is 17.1 Å². The highest BCUT2D eigenvalue weighted by atomic mass is 16.1. The molecule has 100 valence electrons. The van der Waals surface area contributed by atoms with E-state index in [9.17, 15) is 4.79 Å². The number of carbonyl (C=O) groups excluding carboxylic acids is 1. The van der Waals surface area contributed by atoms with Gasteiger partial charge in [-0.25, -0.2) is 0 Å². The van der Waals surface area contributed by atoms with E-state index < -0.39 is 0 Å². The van der Waals surface area contributed by atoms with E-state index in [0.29, 0.717) is 5.41 Å². The van der Waals surface area contributed by atoms with Crippen molar-refractivity contribution >= 4 is 6.29 Å². The number of rotatable bonds is 4. The molecule has 0 bridgehead atoms. The Labute approximate surface area is 107 Å². The van der Waals surface area contributed by atoms with Crippen molar-refractivity contribution in [3.05, 3.63) is 0 Å². The maximum atomic E-state index is 10.8. The van der Waals surface area contributed by atoms with Gasteiger partial charge in [0.15, 0.2) is 0 Å². The second-order valence-corrected chi connectivity index (χ2v) is 7.48. The summed E-state index contributed by atoms with van der Waals surface area (Å²) in [6.45, 7) is 13.9. The normalized spacial score (nSPS) is 31.8. The fourth-order valence-corrected chi connectivity index (χ4v) is 3.93. The molecule has 1 rings (SSSR count). The zero-order chi connectivity index (χ0) is 13.2. The molecule has 0 aromatic rings. The minimum Gasteiger partial charge on any atom is -0.303 e. The first-order valence-corrected chi connectivity index (χ1v) is 7.22. The van der Waals surface area contributed by atoms with Crippen molar-refractivity contribution in [1.82, 2.24) is 0 Å². The summed E-state index contributed by atoms with van der Waals surface area (Å²) < 4.78 is 0. The molecule has 0 saturated heterocycles. The molecule has 0 heterocycles. The average molecular weight is 238 g/mol. The lowest BCUT2D eigenvalue weighted by Gasteiger charge is -2.37. The van der Waals surface area contributed by atoms with Crippen LogP contribution in [0.15, 0.2) is 0 Å². The van der Waals surface area contributed by atoms with Gasteiger partial charge in [0.05, 0.1) is 0 Å². The van der Waals surface area contributed by atoms with E-state index in [0.717, 1.165) is 36.4 Å². The standard InChI is InChI=1S/C16H30O/c1-11(2)15-13(9-12(3)10-17)7-8-14(15)16(4,5)6/h10-15H,7-9H2,1-6H3. The first kappa shape index (κ1) is 14.7. The molecule has 1 heteroatoms. The highest BCUT2D eigenvalue weighted by Gasteiger charge is 2.43. The summed E-state index contributed by atoms with van der Waals surface area (Å²) in [5.41, 5.74) is 0.411. The second kappa shape index (κ2) is 5.54. The van der Waals surface area contributed by atoms with Crippen LogP contribution in [0.5, 0.6) is 0 Å². The van der Waals surface area contributed by atoms with Gasteiger partial charge in [0.2, 0.25) is 0 Å². The Morgan fingerprint density at radius 1 is 1.18 bits per heavy atom. The largest absolute Gasteiger partial charge is 0.303 e. The summed E-state index contributed by atoms with van der Waals surface area (Å²) in [6.07, 6.45) is 4.90. The van der Waals surface area contributed by atoms with E-state index >= 15 is 0 Å². The van der Waals surface area contributed by atoms with Gasteiger partial charge in [0.1, 0.15) is 6.29 Å². The predicted molar refractivity (Wildman–Crippen MR) is 73.8 cm³/mol. The molecule has 17 heavy (non-hydrogen) atoms. The average Bonchev–Trinajstić information content (AvgIpc) is 2.60. The Balaban J connectivity index is 2.78. The van der Waals surface area contributed by atoms with Crippen LogP contribution in [-0.2, 0) is 4.79 Å². The first-order chi connectivity index (χ1) is 7.77. The molecule has 1 nitrogen and oxygen atoms in total. The van der Waals surface area contributed by atoms with Crippen LogP contribution in [0.4, 0.5) is 0 Å². The molecule has 0 N–H and O–H groups in total. The van der Waals surface area contributed by atoms with E-state index in [2.05, 4.69) is 41.5 Å². The Morgan fingerprint density at radius 2 is 1.76 bits per heavy atom. The monoisotopic (exact) mass is 238 g/mol. The molecule has 0 radical (unpaired) electrons. The summed E-state index contributed by atoms with van der Waals surface area (Å²) in [5.74, 6) is 3.37. The maximum absolute atomic E-state index is 10.8. The van der Waals surface area contributed by atoms with Gasteiger partial charge in [0, 0.05) is 5.92 Å². The molecule has 0 spiro atoms. The maximum Gasteiger partial charge on any atom is 0.122 e. The number of hydrogen-bond donors (Lipinski definition) is 0. The molecule has 1 saturated carbocycles. The quantitative estimate of drug-likeness (QED) is 0.656. The van der Waals surface area contributed by atoms with Gasteiger partial charge >= 0.3 is 0 Å². The lowest BCUT2D eigenvalue weighted by Crippen LogP contribution is -2.30. The van der Waals surface area contributed by atoms with Gasteiger partial charge < -0.3 is 4.79 Å². The molecular formula is C16H30O. The van der Waals surface area contributed by atoms with Gasteiger partial charge in [-0.3, -0.25) is 0 Å². The lowest BCUT2D eigenvalue weighted by molar-refractivity contribution is -0.111. The van der Waals surface area contributed by atoms with E-state index in [1.807, 2.05) is 0 Å². The van der Waals surface area contributed by atoms with Crippen molar-refractivity contribution in [1.29, 1.82) is 0 Å². The number of carbonyl (C=O) groups is 1. The molecular weight excluding hydrogens is 208 g/mol.